The predicted molar refractivity (Wildman–Crippen MR) is 66.1 cm³/mol. The molecule has 0 saturated carbocycles. The zero-order valence-electron chi connectivity index (χ0n) is 10.3. The van der Waals surface area contributed by atoms with Gasteiger partial charge in [0.2, 0.25) is 5.89 Å². The van der Waals surface area contributed by atoms with E-state index in [1.165, 1.54) is 12.1 Å². The van der Waals surface area contributed by atoms with E-state index in [2.05, 4.69) is 20.8 Å². The second-order valence-corrected chi connectivity index (χ2v) is 3.87. The van der Waals surface area contributed by atoms with E-state index in [1.54, 1.807) is 6.07 Å². The van der Waals surface area contributed by atoms with Crippen LogP contribution in [0.25, 0.3) is 0 Å². The Hall–Kier alpha value is -1.95. The number of nitrogens with zero attached hydrogens (tertiary/aromatic N) is 2. The minimum absolute atomic E-state index is 0.261. The molecule has 1 heterocycles. The number of halogens is 1. The fraction of sp³-hybridized carbons (Fsp3) is 0.333. The summed E-state index contributed by atoms with van der Waals surface area (Å²) in [5, 5.41) is 13.7. The van der Waals surface area contributed by atoms with Crippen LogP contribution in [0.3, 0.4) is 0 Å². The summed E-state index contributed by atoms with van der Waals surface area (Å²) in [6, 6.07) is 4.75. The molecule has 0 spiro atoms. The van der Waals surface area contributed by atoms with Gasteiger partial charge in [-0.2, -0.15) is 0 Å². The lowest BCUT2D eigenvalue weighted by Crippen LogP contribution is -2.11. The molecule has 0 amide bonds. The summed E-state index contributed by atoms with van der Waals surface area (Å²) in [5.41, 5.74) is 1.52. The zero-order chi connectivity index (χ0) is 13.0. The number of rotatable bonds is 5. The molecule has 0 atom stereocenters. The molecule has 0 radical (unpaired) electrons. The maximum absolute atomic E-state index is 13.1. The predicted octanol–water partition coefficient (Wildman–Crippen LogP) is 2.37. The van der Waals surface area contributed by atoms with Gasteiger partial charge in [0.1, 0.15) is 5.82 Å². The van der Waals surface area contributed by atoms with Crippen molar-refractivity contribution in [3.05, 3.63) is 35.5 Å². The highest BCUT2D eigenvalue weighted by atomic mass is 19.1. The van der Waals surface area contributed by atoms with E-state index in [1.807, 2.05) is 13.8 Å². The fourth-order valence-electron chi connectivity index (χ4n) is 1.45. The van der Waals surface area contributed by atoms with Crippen molar-refractivity contribution in [3.8, 4) is 0 Å². The van der Waals surface area contributed by atoms with Crippen LogP contribution < -0.4 is 10.6 Å². The second-order valence-electron chi connectivity index (χ2n) is 3.87. The molecule has 0 saturated heterocycles. The van der Waals surface area contributed by atoms with Crippen molar-refractivity contribution in [1.29, 1.82) is 0 Å². The number of anilines is 2. The smallest absolute Gasteiger partial charge is 0.320 e. The molecular formula is C12H15FN4O. The Balaban J connectivity index is 2.08. The number of hydrogen-bond donors (Lipinski definition) is 2. The lowest BCUT2D eigenvalue weighted by atomic mass is 10.2. The van der Waals surface area contributed by atoms with Crippen molar-refractivity contribution in [1.82, 2.24) is 15.5 Å². The van der Waals surface area contributed by atoms with Crippen LogP contribution in [-0.2, 0) is 6.54 Å². The second kappa shape index (κ2) is 5.59. The van der Waals surface area contributed by atoms with Gasteiger partial charge in [-0.1, -0.05) is 18.1 Å². The van der Waals surface area contributed by atoms with E-state index in [4.69, 9.17) is 4.42 Å². The lowest BCUT2D eigenvalue weighted by molar-refractivity contribution is 0.484. The van der Waals surface area contributed by atoms with Crippen molar-refractivity contribution >= 4 is 11.7 Å². The SMILES string of the molecule is CCNCc1nnc(Nc2cc(F)ccc2C)o1. The standard InChI is InChI=1S/C12H15FN4O/c1-3-14-7-11-16-17-12(18-11)15-10-6-9(13)5-4-8(10)2/h4-6,14H,3,7H2,1-2H3,(H,15,17). The van der Waals surface area contributed by atoms with E-state index < -0.39 is 0 Å². The third kappa shape index (κ3) is 3.04. The van der Waals surface area contributed by atoms with E-state index in [0.717, 1.165) is 12.1 Å². The Morgan fingerprint density at radius 1 is 1.33 bits per heavy atom. The summed E-state index contributed by atoms with van der Waals surface area (Å²) < 4.78 is 18.5. The number of benzene rings is 1. The molecule has 2 rings (SSSR count). The molecule has 2 aromatic rings. The van der Waals surface area contributed by atoms with Gasteiger partial charge in [-0.05, 0) is 31.2 Å². The first-order chi connectivity index (χ1) is 8.69. The Bertz CT molecular complexity index is 527. The Morgan fingerprint density at radius 3 is 2.94 bits per heavy atom. The molecule has 6 heteroatoms. The molecule has 1 aromatic carbocycles. The molecule has 2 N–H and O–H groups in total. The van der Waals surface area contributed by atoms with Crippen LogP contribution in [0.15, 0.2) is 22.6 Å². The molecule has 0 bridgehead atoms. The average Bonchev–Trinajstić information content (AvgIpc) is 2.79. The molecule has 0 aliphatic carbocycles. The number of nitrogens with one attached hydrogen (secondary N) is 2. The van der Waals surface area contributed by atoms with Gasteiger partial charge in [-0.3, -0.25) is 0 Å². The van der Waals surface area contributed by atoms with Crippen molar-refractivity contribution in [2.45, 2.75) is 20.4 Å². The third-order valence-electron chi connectivity index (χ3n) is 2.43. The van der Waals surface area contributed by atoms with Crippen LogP contribution in [-0.4, -0.2) is 16.7 Å². The van der Waals surface area contributed by atoms with E-state index in [0.29, 0.717) is 18.1 Å². The summed E-state index contributed by atoms with van der Waals surface area (Å²) in [6.45, 7) is 5.21. The molecule has 18 heavy (non-hydrogen) atoms. The third-order valence-corrected chi connectivity index (χ3v) is 2.43. The zero-order valence-corrected chi connectivity index (χ0v) is 10.3. The molecule has 0 aliphatic heterocycles. The Labute approximate surface area is 104 Å². The summed E-state index contributed by atoms with van der Waals surface area (Å²) >= 11 is 0. The molecule has 0 fully saturated rings. The van der Waals surface area contributed by atoms with Crippen LogP contribution in [0.2, 0.25) is 0 Å². The monoisotopic (exact) mass is 250 g/mol. The van der Waals surface area contributed by atoms with Gasteiger partial charge in [0, 0.05) is 5.69 Å². The van der Waals surface area contributed by atoms with Gasteiger partial charge in [0.15, 0.2) is 0 Å². The van der Waals surface area contributed by atoms with Crippen LogP contribution in [0.1, 0.15) is 18.4 Å². The largest absolute Gasteiger partial charge is 0.406 e. The van der Waals surface area contributed by atoms with E-state index >= 15 is 0 Å². The van der Waals surface area contributed by atoms with Crippen molar-refractivity contribution in [2.75, 3.05) is 11.9 Å². The highest BCUT2D eigenvalue weighted by Gasteiger charge is 2.07. The molecule has 0 aliphatic rings. The van der Waals surface area contributed by atoms with Gasteiger partial charge >= 0.3 is 6.01 Å². The highest BCUT2D eigenvalue weighted by molar-refractivity contribution is 5.56. The first-order valence-electron chi connectivity index (χ1n) is 5.75. The van der Waals surface area contributed by atoms with Gasteiger partial charge in [-0.25, -0.2) is 4.39 Å². The quantitative estimate of drug-likeness (QED) is 0.853. The van der Waals surface area contributed by atoms with Crippen LogP contribution in [0.5, 0.6) is 0 Å². The summed E-state index contributed by atoms with van der Waals surface area (Å²) in [7, 11) is 0. The van der Waals surface area contributed by atoms with Gasteiger partial charge < -0.3 is 15.1 Å². The van der Waals surface area contributed by atoms with Crippen LogP contribution >= 0.6 is 0 Å². The summed E-state index contributed by atoms with van der Waals surface area (Å²) in [5.74, 6) is 0.184. The Morgan fingerprint density at radius 2 is 2.17 bits per heavy atom. The highest BCUT2D eigenvalue weighted by Crippen LogP contribution is 2.20. The summed E-state index contributed by atoms with van der Waals surface area (Å²) in [6.07, 6.45) is 0. The fourth-order valence-corrected chi connectivity index (χ4v) is 1.45. The van der Waals surface area contributed by atoms with E-state index in [9.17, 15) is 4.39 Å². The van der Waals surface area contributed by atoms with Gasteiger partial charge in [0.25, 0.3) is 0 Å². The molecule has 96 valence electrons. The molecule has 0 unspecified atom stereocenters. The van der Waals surface area contributed by atoms with Crippen LogP contribution in [0, 0.1) is 12.7 Å². The maximum atomic E-state index is 13.1. The van der Waals surface area contributed by atoms with E-state index in [-0.39, 0.29) is 11.8 Å². The lowest BCUT2D eigenvalue weighted by Gasteiger charge is -2.04. The number of hydrogen-bond acceptors (Lipinski definition) is 5. The van der Waals surface area contributed by atoms with Crippen molar-refractivity contribution < 1.29 is 8.81 Å². The van der Waals surface area contributed by atoms with Crippen LogP contribution in [0.4, 0.5) is 16.1 Å². The van der Waals surface area contributed by atoms with Crippen molar-refractivity contribution in [3.63, 3.8) is 0 Å². The molecule has 1 aromatic heterocycles. The normalized spacial score (nSPS) is 10.6. The summed E-state index contributed by atoms with van der Waals surface area (Å²) in [4.78, 5) is 0. The number of aryl methyl sites for hydroxylation is 1. The topological polar surface area (TPSA) is 63.0 Å². The van der Waals surface area contributed by atoms with Gasteiger partial charge in [0.05, 0.1) is 6.54 Å². The first-order valence-corrected chi connectivity index (χ1v) is 5.75. The Kier molecular flexibility index (Phi) is 3.88. The molecule has 5 nitrogen and oxygen atoms in total. The maximum Gasteiger partial charge on any atom is 0.320 e. The minimum Gasteiger partial charge on any atom is -0.406 e. The average molecular weight is 250 g/mol. The number of aromatic nitrogens is 2. The minimum atomic E-state index is -0.310. The van der Waals surface area contributed by atoms with Gasteiger partial charge in [-0.15, -0.1) is 5.10 Å². The van der Waals surface area contributed by atoms with Crippen molar-refractivity contribution in [2.24, 2.45) is 0 Å². The first kappa shape index (κ1) is 12.5. The molecular weight excluding hydrogens is 235 g/mol.